The van der Waals surface area contributed by atoms with E-state index in [1.807, 2.05) is 32.0 Å². The molecule has 1 rings (SSSR count). The summed E-state index contributed by atoms with van der Waals surface area (Å²) in [5.41, 5.74) is 2.04. The van der Waals surface area contributed by atoms with E-state index in [1.165, 1.54) is 0 Å². The molecule has 3 heteroatoms. The summed E-state index contributed by atoms with van der Waals surface area (Å²) in [6.07, 6.45) is 0. The molecule has 0 saturated heterocycles. The average Bonchev–Trinajstić information content (AvgIpc) is 2.14. The summed E-state index contributed by atoms with van der Waals surface area (Å²) in [6.45, 7) is 4.78. The third-order valence-electron chi connectivity index (χ3n) is 1.85. The lowest BCUT2D eigenvalue weighted by Crippen LogP contribution is -2.28. The minimum absolute atomic E-state index is 0.127. The van der Waals surface area contributed by atoms with Gasteiger partial charge in [-0.1, -0.05) is 6.07 Å². The Balaban J connectivity index is 2.45. The van der Waals surface area contributed by atoms with Crippen LogP contribution in [0.2, 0.25) is 0 Å². The van der Waals surface area contributed by atoms with Crippen molar-refractivity contribution in [1.29, 1.82) is 0 Å². The normalized spacial score (nSPS) is 12.8. The Hall–Kier alpha value is -0.930. The number of hydrogen-bond acceptors (Lipinski definition) is 3. The molecule has 0 spiro atoms. The number of aryl methyl sites for hydroxylation is 1. The van der Waals surface area contributed by atoms with Crippen molar-refractivity contribution in [2.75, 3.05) is 6.61 Å². The van der Waals surface area contributed by atoms with E-state index in [0.717, 1.165) is 11.4 Å². The van der Waals surface area contributed by atoms with Gasteiger partial charge in [-0.3, -0.25) is 4.98 Å². The van der Waals surface area contributed by atoms with Crippen LogP contribution in [0.25, 0.3) is 0 Å². The van der Waals surface area contributed by atoms with Gasteiger partial charge >= 0.3 is 0 Å². The molecule has 2 N–H and O–H groups in total. The van der Waals surface area contributed by atoms with E-state index in [4.69, 9.17) is 5.11 Å². The maximum absolute atomic E-state index is 8.78. The topological polar surface area (TPSA) is 45.1 Å². The predicted octanol–water partition coefficient (Wildman–Crippen LogP) is 0.860. The van der Waals surface area contributed by atoms with Crippen LogP contribution in [0.3, 0.4) is 0 Å². The number of aromatic nitrogens is 1. The molecule has 0 bridgehead atoms. The summed E-state index contributed by atoms with van der Waals surface area (Å²) >= 11 is 0. The summed E-state index contributed by atoms with van der Waals surface area (Å²) < 4.78 is 0. The molecule has 1 aromatic rings. The van der Waals surface area contributed by atoms with Gasteiger partial charge in [-0.25, -0.2) is 0 Å². The molecule has 72 valence electrons. The van der Waals surface area contributed by atoms with Gasteiger partial charge in [-0.05, 0) is 26.0 Å². The maximum Gasteiger partial charge on any atom is 0.0582 e. The van der Waals surface area contributed by atoms with Crippen molar-refractivity contribution in [2.45, 2.75) is 26.4 Å². The van der Waals surface area contributed by atoms with Crippen LogP contribution in [0.15, 0.2) is 18.2 Å². The van der Waals surface area contributed by atoms with Gasteiger partial charge in [-0.15, -0.1) is 0 Å². The van der Waals surface area contributed by atoms with Crippen LogP contribution >= 0.6 is 0 Å². The minimum Gasteiger partial charge on any atom is -0.395 e. The Morgan fingerprint density at radius 3 is 2.92 bits per heavy atom. The van der Waals surface area contributed by atoms with E-state index in [0.29, 0.717) is 6.54 Å². The smallest absolute Gasteiger partial charge is 0.0582 e. The fraction of sp³-hybridized carbons (Fsp3) is 0.500. The molecular formula is C10H16N2O. The van der Waals surface area contributed by atoms with Gasteiger partial charge in [0.1, 0.15) is 0 Å². The highest BCUT2D eigenvalue weighted by Gasteiger charge is 1.99. The molecule has 1 aromatic heterocycles. The molecule has 0 fully saturated rings. The van der Waals surface area contributed by atoms with Gasteiger partial charge in [0.2, 0.25) is 0 Å². The second-order valence-corrected chi connectivity index (χ2v) is 3.23. The SMILES string of the molecule is Cc1cccc(CNC(C)CO)n1. The molecular weight excluding hydrogens is 164 g/mol. The summed E-state index contributed by atoms with van der Waals surface area (Å²) in [7, 11) is 0. The Kier molecular flexibility index (Phi) is 3.86. The summed E-state index contributed by atoms with van der Waals surface area (Å²) in [5, 5.41) is 11.9. The molecule has 0 radical (unpaired) electrons. The maximum atomic E-state index is 8.78. The zero-order valence-corrected chi connectivity index (χ0v) is 8.12. The van der Waals surface area contributed by atoms with Crippen molar-refractivity contribution >= 4 is 0 Å². The van der Waals surface area contributed by atoms with Crippen LogP contribution in [-0.4, -0.2) is 22.7 Å². The van der Waals surface area contributed by atoms with E-state index in [-0.39, 0.29) is 12.6 Å². The van der Waals surface area contributed by atoms with Crippen molar-refractivity contribution in [1.82, 2.24) is 10.3 Å². The van der Waals surface area contributed by atoms with Gasteiger partial charge in [0.15, 0.2) is 0 Å². The first-order valence-electron chi connectivity index (χ1n) is 4.49. The number of aliphatic hydroxyl groups excluding tert-OH is 1. The number of rotatable bonds is 4. The third-order valence-corrected chi connectivity index (χ3v) is 1.85. The third kappa shape index (κ3) is 3.53. The van der Waals surface area contributed by atoms with Crippen molar-refractivity contribution in [2.24, 2.45) is 0 Å². The molecule has 1 heterocycles. The fourth-order valence-electron chi connectivity index (χ4n) is 1.04. The molecule has 3 nitrogen and oxygen atoms in total. The Bertz CT molecular complexity index is 263. The molecule has 0 aliphatic rings. The van der Waals surface area contributed by atoms with E-state index in [2.05, 4.69) is 10.3 Å². The highest BCUT2D eigenvalue weighted by atomic mass is 16.3. The van der Waals surface area contributed by atoms with E-state index in [1.54, 1.807) is 0 Å². The second-order valence-electron chi connectivity index (χ2n) is 3.23. The second kappa shape index (κ2) is 4.94. The predicted molar refractivity (Wildman–Crippen MR) is 52.4 cm³/mol. The van der Waals surface area contributed by atoms with Gasteiger partial charge < -0.3 is 10.4 Å². The monoisotopic (exact) mass is 180 g/mol. The van der Waals surface area contributed by atoms with Gasteiger partial charge in [0.05, 0.1) is 12.3 Å². The van der Waals surface area contributed by atoms with Crippen molar-refractivity contribution < 1.29 is 5.11 Å². The number of hydrogen-bond donors (Lipinski definition) is 2. The van der Waals surface area contributed by atoms with Gasteiger partial charge in [0, 0.05) is 18.3 Å². The van der Waals surface area contributed by atoms with Gasteiger partial charge in [0.25, 0.3) is 0 Å². The standard InChI is InChI=1S/C10H16N2O/c1-8-4-3-5-10(12-8)6-11-9(2)7-13/h3-5,9,11,13H,6-7H2,1-2H3. The lowest BCUT2D eigenvalue weighted by Gasteiger charge is -2.09. The van der Waals surface area contributed by atoms with Crippen molar-refractivity contribution in [3.05, 3.63) is 29.6 Å². The highest BCUT2D eigenvalue weighted by molar-refractivity contribution is 5.09. The lowest BCUT2D eigenvalue weighted by atomic mass is 10.3. The van der Waals surface area contributed by atoms with Crippen LogP contribution in [0.5, 0.6) is 0 Å². The van der Waals surface area contributed by atoms with Crippen molar-refractivity contribution in [3.63, 3.8) is 0 Å². The largest absolute Gasteiger partial charge is 0.395 e. The summed E-state index contributed by atoms with van der Waals surface area (Å²) in [4.78, 5) is 4.34. The van der Waals surface area contributed by atoms with Crippen LogP contribution in [0, 0.1) is 6.92 Å². The van der Waals surface area contributed by atoms with Crippen LogP contribution in [0.4, 0.5) is 0 Å². The first-order chi connectivity index (χ1) is 6.22. The van der Waals surface area contributed by atoms with E-state index < -0.39 is 0 Å². The molecule has 0 aliphatic heterocycles. The quantitative estimate of drug-likeness (QED) is 0.722. The van der Waals surface area contributed by atoms with Crippen molar-refractivity contribution in [3.8, 4) is 0 Å². The molecule has 0 amide bonds. The zero-order chi connectivity index (χ0) is 9.68. The Labute approximate surface area is 78.8 Å². The Morgan fingerprint density at radius 1 is 1.54 bits per heavy atom. The number of nitrogens with one attached hydrogen (secondary N) is 1. The number of aliphatic hydroxyl groups is 1. The molecule has 0 aromatic carbocycles. The molecule has 0 aliphatic carbocycles. The molecule has 1 atom stereocenters. The molecule has 1 unspecified atom stereocenters. The fourth-order valence-corrected chi connectivity index (χ4v) is 1.04. The number of pyridine rings is 1. The minimum atomic E-state index is 0.127. The average molecular weight is 180 g/mol. The lowest BCUT2D eigenvalue weighted by molar-refractivity contribution is 0.250. The summed E-state index contributed by atoms with van der Waals surface area (Å²) in [6, 6.07) is 6.06. The number of nitrogens with zero attached hydrogens (tertiary/aromatic N) is 1. The first kappa shape index (κ1) is 10.2. The van der Waals surface area contributed by atoms with E-state index >= 15 is 0 Å². The highest BCUT2D eigenvalue weighted by Crippen LogP contribution is 1.97. The Morgan fingerprint density at radius 2 is 2.31 bits per heavy atom. The van der Waals surface area contributed by atoms with Crippen LogP contribution < -0.4 is 5.32 Å². The first-order valence-corrected chi connectivity index (χ1v) is 4.49. The van der Waals surface area contributed by atoms with E-state index in [9.17, 15) is 0 Å². The molecule has 0 saturated carbocycles. The van der Waals surface area contributed by atoms with Crippen LogP contribution in [0.1, 0.15) is 18.3 Å². The summed E-state index contributed by atoms with van der Waals surface area (Å²) in [5.74, 6) is 0. The zero-order valence-electron chi connectivity index (χ0n) is 8.12. The molecule has 13 heavy (non-hydrogen) atoms. The van der Waals surface area contributed by atoms with Gasteiger partial charge in [-0.2, -0.15) is 0 Å². The van der Waals surface area contributed by atoms with Crippen LogP contribution in [-0.2, 0) is 6.54 Å².